The molecule has 0 fully saturated rings. The summed E-state index contributed by atoms with van der Waals surface area (Å²) < 4.78 is 25.8. The molecule has 0 spiro atoms. The van der Waals surface area contributed by atoms with Crippen LogP contribution in [-0.2, 0) is 6.54 Å². The van der Waals surface area contributed by atoms with E-state index >= 15 is 0 Å². The Kier molecular flexibility index (Phi) is 4.30. The summed E-state index contributed by atoms with van der Waals surface area (Å²) in [6, 6.07) is 10.7. The van der Waals surface area contributed by atoms with Gasteiger partial charge in [-0.05, 0) is 42.0 Å². The van der Waals surface area contributed by atoms with Crippen LogP contribution in [0.5, 0.6) is 0 Å². The lowest BCUT2D eigenvalue weighted by Gasteiger charge is -2.08. The van der Waals surface area contributed by atoms with Gasteiger partial charge >= 0.3 is 0 Å². The highest BCUT2D eigenvalue weighted by Crippen LogP contribution is 2.13. The maximum atomic E-state index is 13.0. The predicted octanol–water partition coefficient (Wildman–Crippen LogP) is 2.94. The first-order chi connectivity index (χ1) is 9.60. The van der Waals surface area contributed by atoms with Crippen molar-refractivity contribution in [3.05, 3.63) is 65.2 Å². The lowest BCUT2D eigenvalue weighted by Crippen LogP contribution is -2.17. The van der Waals surface area contributed by atoms with E-state index in [1.807, 2.05) is 0 Å². The van der Waals surface area contributed by atoms with E-state index in [0.717, 1.165) is 17.8 Å². The highest BCUT2D eigenvalue weighted by Gasteiger charge is 2.04. The standard InChI is InChI=1S/C15H14F2N2O/c1-18-15(20)11-3-5-12(6-4-11)19-9-10-2-7-13(16)14(17)8-10/h2-8,19H,9H2,1H3,(H,18,20). The number of rotatable bonds is 4. The van der Waals surface area contributed by atoms with Gasteiger partial charge in [0.05, 0.1) is 0 Å². The van der Waals surface area contributed by atoms with Crippen LogP contribution in [0.25, 0.3) is 0 Å². The fourth-order valence-corrected chi connectivity index (χ4v) is 1.74. The molecule has 20 heavy (non-hydrogen) atoms. The summed E-state index contributed by atoms with van der Waals surface area (Å²) in [5.41, 5.74) is 1.99. The van der Waals surface area contributed by atoms with E-state index in [0.29, 0.717) is 17.7 Å². The third-order valence-electron chi connectivity index (χ3n) is 2.85. The molecule has 0 aliphatic heterocycles. The Bertz CT molecular complexity index is 612. The number of amides is 1. The van der Waals surface area contributed by atoms with Crippen molar-refractivity contribution in [2.75, 3.05) is 12.4 Å². The fourth-order valence-electron chi connectivity index (χ4n) is 1.74. The average Bonchev–Trinajstić information content (AvgIpc) is 2.48. The Labute approximate surface area is 115 Å². The number of carbonyl (C=O) groups excluding carboxylic acids is 1. The Balaban J connectivity index is 2.00. The van der Waals surface area contributed by atoms with Gasteiger partial charge in [-0.3, -0.25) is 4.79 Å². The molecule has 2 rings (SSSR count). The Morgan fingerprint density at radius 1 is 1.05 bits per heavy atom. The van der Waals surface area contributed by atoms with Crippen LogP contribution in [0.3, 0.4) is 0 Å². The molecule has 0 heterocycles. The van der Waals surface area contributed by atoms with Crippen LogP contribution < -0.4 is 10.6 Å². The molecule has 0 saturated heterocycles. The zero-order valence-electron chi connectivity index (χ0n) is 10.9. The smallest absolute Gasteiger partial charge is 0.251 e. The van der Waals surface area contributed by atoms with Crippen LogP contribution in [0.2, 0.25) is 0 Å². The van der Waals surface area contributed by atoms with Gasteiger partial charge in [0.1, 0.15) is 0 Å². The molecule has 0 aliphatic carbocycles. The first kappa shape index (κ1) is 14.0. The molecule has 0 bridgehead atoms. The number of hydrogen-bond acceptors (Lipinski definition) is 2. The summed E-state index contributed by atoms with van der Waals surface area (Å²) in [5, 5.41) is 5.60. The average molecular weight is 276 g/mol. The molecule has 0 unspecified atom stereocenters. The van der Waals surface area contributed by atoms with Gasteiger partial charge in [-0.2, -0.15) is 0 Å². The van der Waals surface area contributed by atoms with Crippen molar-refractivity contribution >= 4 is 11.6 Å². The van der Waals surface area contributed by atoms with Crippen molar-refractivity contribution < 1.29 is 13.6 Å². The second-order valence-corrected chi connectivity index (χ2v) is 4.26. The lowest BCUT2D eigenvalue weighted by molar-refractivity contribution is 0.0963. The van der Waals surface area contributed by atoms with Crippen molar-refractivity contribution in [1.29, 1.82) is 0 Å². The van der Waals surface area contributed by atoms with Crippen LogP contribution in [0.15, 0.2) is 42.5 Å². The Morgan fingerprint density at radius 3 is 2.35 bits per heavy atom. The number of benzene rings is 2. The van der Waals surface area contributed by atoms with Crippen LogP contribution in [-0.4, -0.2) is 13.0 Å². The topological polar surface area (TPSA) is 41.1 Å². The van der Waals surface area contributed by atoms with Crippen molar-refractivity contribution in [3.63, 3.8) is 0 Å². The van der Waals surface area contributed by atoms with E-state index in [-0.39, 0.29) is 5.91 Å². The summed E-state index contributed by atoms with van der Waals surface area (Å²) in [6.07, 6.45) is 0. The van der Waals surface area contributed by atoms with Gasteiger partial charge < -0.3 is 10.6 Å². The fraction of sp³-hybridized carbons (Fsp3) is 0.133. The monoisotopic (exact) mass is 276 g/mol. The second kappa shape index (κ2) is 6.14. The van der Waals surface area contributed by atoms with Crippen LogP contribution >= 0.6 is 0 Å². The summed E-state index contributed by atoms with van der Waals surface area (Å²) >= 11 is 0. The molecular formula is C15H14F2N2O. The predicted molar refractivity (Wildman–Crippen MR) is 73.5 cm³/mol. The normalized spacial score (nSPS) is 10.2. The van der Waals surface area contributed by atoms with Crippen LogP contribution in [0.4, 0.5) is 14.5 Å². The summed E-state index contributed by atoms with van der Waals surface area (Å²) in [5.74, 6) is -1.87. The molecule has 2 N–H and O–H groups in total. The summed E-state index contributed by atoms with van der Waals surface area (Å²) in [4.78, 5) is 11.4. The van der Waals surface area contributed by atoms with E-state index in [2.05, 4.69) is 10.6 Å². The Hall–Kier alpha value is -2.43. The van der Waals surface area contributed by atoms with Crippen LogP contribution in [0, 0.1) is 11.6 Å². The first-order valence-electron chi connectivity index (χ1n) is 6.10. The summed E-state index contributed by atoms with van der Waals surface area (Å²) in [6.45, 7) is 0.372. The largest absolute Gasteiger partial charge is 0.381 e. The minimum atomic E-state index is -0.862. The highest BCUT2D eigenvalue weighted by molar-refractivity contribution is 5.94. The molecule has 0 atom stereocenters. The molecule has 0 aromatic heterocycles. The van der Waals surface area contributed by atoms with Gasteiger partial charge in [0, 0.05) is 24.8 Å². The van der Waals surface area contributed by atoms with E-state index in [4.69, 9.17) is 0 Å². The lowest BCUT2D eigenvalue weighted by atomic mass is 10.1. The molecule has 2 aromatic rings. The van der Waals surface area contributed by atoms with Gasteiger partial charge in [-0.15, -0.1) is 0 Å². The van der Waals surface area contributed by atoms with Crippen LogP contribution in [0.1, 0.15) is 15.9 Å². The molecule has 104 valence electrons. The third kappa shape index (κ3) is 3.32. The molecule has 0 radical (unpaired) electrons. The van der Waals surface area contributed by atoms with Crippen molar-refractivity contribution in [2.24, 2.45) is 0 Å². The minimum Gasteiger partial charge on any atom is -0.381 e. The van der Waals surface area contributed by atoms with Crippen molar-refractivity contribution in [2.45, 2.75) is 6.54 Å². The van der Waals surface area contributed by atoms with E-state index in [9.17, 15) is 13.6 Å². The first-order valence-corrected chi connectivity index (χ1v) is 6.10. The van der Waals surface area contributed by atoms with Gasteiger partial charge in [0.15, 0.2) is 11.6 Å². The van der Waals surface area contributed by atoms with Crippen molar-refractivity contribution in [1.82, 2.24) is 5.32 Å². The van der Waals surface area contributed by atoms with E-state index in [1.54, 1.807) is 31.3 Å². The molecular weight excluding hydrogens is 262 g/mol. The molecule has 5 heteroatoms. The molecule has 2 aromatic carbocycles. The molecule has 0 aliphatic rings. The van der Waals surface area contributed by atoms with E-state index < -0.39 is 11.6 Å². The Morgan fingerprint density at radius 2 is 1.75 bits per heavy atom. The van der Waals surface area contributed by atoms with Crippen molar-refractivity contribution in [3.8, 4) is 0 Å². The van der Waals surface area contributed by atoms with Gasteiger partial charge in [-0.1, -0.05) is 6.07 Å². The maximum absolute atomic E-state index is 13.0. The zero-order chi connectivity index (χ0) is 14.5. The van der Waals surface area contributed by atoms with Gasteiger partial charge in [-0.25, -0.2) is 8.78 Å². The molecule has 1 amide bonds. The SMILES string of the molecule is CNC(=O)c1ccc(NCc2ccc(F)c(F)c2)cc1. The minimum absolute atomic E-state index is 0.155. The zero-order valence-corrected chi connectivity index (χ0v) is 10.9. The molecule has 0 saturated carbocycles. The number of hydrogen-bond donors (Lipinski definition) is 2. The highest BCUT2D eigenvalue weighted by atomic mass is 19.2. The maximum Gasteiger partial charge on any atom is 0.251 e. The number of halogens is 2. The van der Waals surface area contributed by atoms with Gasteiger partial charge in [0.2, 0.25) is 0 Å². The number of nitrogens with one attached hydrogen (secondary N) is 2. The number of anilines is 1. The quantitative estimate of drug-likeness (QED) is 0.901. The third-order valence-corrected chi connectivity index (χ3v) is 2.85. The molecule has 3 nitrogen and oxygen atoms in total. The number of carbonyl (C=O) groups is 1. The summed E-state index contributed by atoms with van der Waals surface area (Å²) in [7, 11) is 1.57. The van der Waals surface area contributed by atoms with Gasteiger partial charge in [0.25, 0.3) is 5.91 Å². The van der Waals surface area contributed by atoms with E-state index in [1.165, 1.54) is 6.07 Å². The second-order valence-electron chi connectivity index (χ2n) is 4.26.